The molecule has 0 aromatic heterocycles. The van der Waals surface area contributed by atoms with Crippen molar-refractivity contribution in [1.82, 2.24) is 10.2 Å². The summed E-state index contributed by atoms with van der Waals surface area (Å²) >= 11 is 0. The van der Waals surface area contributed by atoms with Crippen LogP contribution in [0.25, 0.3) is 0 Å². The van der Waals surface area contributed by atoms with Crippen LogP contribution in [0.2, 0.25) is 0 Å². The molecule has 1 aromatic carbocycles. The number of hydrogen-bond donors (Lipinski definition) is 3. The van der Waals surface area contributed by atoms with Crippen LogP contribution in [0.3, 0.4) is 0 Å². The van der Waals surface area contributed by atoms with Crippen molar-refractivity contribution in [3.8, 4) is 0 Å². The van der Waals surface area contributed by atoms with Crippen LogP contribution in [0, 0.1) is 11.8 Å². The highest BCUT2D eigenvalue weighted by molar-refractivity contribution is 5.86. The van der Waals surface area contributed by atoms with E-state index in [4.69, 9.17) is 15.2 Å². The quantitative estimate of drug-likeness (QED) is 0.311. The number of likely N-dealkylation sites (tertiary alicyclic amines) is 1. The fourth-order valence-electron chi connectivity index (χ4n) is 4.48. The molecule has 0 bridgehead atoms. The Bertz CT molecular complexity index is 1020. The van der Waals surface area contributed by atoms with E-state index >= 15 is 0 Å². The van der Waals surface area contributed by atoms with E-state index in [1.54, 1.807) is 45.0 Å². The molecule has 1 aliphatic heterocycles. The molecule has 11 nitrogen and oxygen atoms in total. The van der Waals surface area contributed by atoms with Gasteiger partial charge < -0.3 is 30.5 Å². The molecule has 0 spiro atoms. The molecular formula is C28H41N3O8. The monoisotopic (exact) mass is 547 g/mol. The van der Waals surface area contributed by atoms with Gasteiger partial charge in [-0.05, 0) is 17.9 Å². The Balaban J connectivity index is 2.42. The van der Waals surface area contributed by atoms with Crippen LogP contribution < -0.4 is 11.1 Å². The number of rotatable bonds is 13. The molecule has 4 N–H and O–H groups in total. The normalized spacial score (nSPS) is 20.0. The third-order valence-electron chi connectivity index (χ3n) is 6.97. The Morgan fingerprint density at radius 1 is 1.13 bits per heavy atom. The Morgan fingerprint density at radius 2 is 1.77 bits per heavy atom. The van der Waals surface area contributed by atoms with Crippen molar-refractivity contribution in [1.29, 1.82) is 0 Å². The van der Waals surface area contributed by atoms with Crippen LogP contribution in [-0.2, 0) is 39.9 Å². The Morgan fingerprint density at radius 3 is 2.31 bits per heavy atom. The molecule has 11 heteroatoms. The molecule has 2 amide bonds. The second-order valence-electron chi connectivity index (χ2n) is 10.4. The summed E-state index contributed by atoms with van der Waals surface area (Å²) in [5.74, 6) is -4.11. The summed E-state index contributed by atoms with van der Waals surface area (Å²) in [4.78, 5) is 64.5. The predicted octanol–water partition coefficient (Wildman–Crippen LogP) is 1.66. The maximum atomic E-state index is 13.5. The number of nitrogens with zero attached hydrogens (tertiary/aromatic N) is 1. The van der Waals surface area contributed by atoms with E-state index in [1.165, 1.54) is 11.8 Å². The fourth-order valence-corrected chi connectivity index (χ4v) is 4.48. The van der Waals surface area contributed by atoms with Crippen molar-refractivity contribution in [2.75, 3.05) is 6.54 Å². The van der Waals surface area contributed by atoms with E-state index in [0.717, 1.165) is 5.56 Å². The van der Waals surface area contributed by atoms with Crippen LogP contribution in [0.1, 0.15) is 59.4 Å². The van der Waals surface area contributed by atoms with Gasteiger partial charge in [0.05, 0.1) is 12.5 Å². The van der Waals surface area contributed by atoms with Gasteiger partial charge in [0.2, 0.25) is 11.8 Å². The summed E-state index contributed by atoms with van der Waals surface area (Å²) in [6, 6.07) is 5.95. The SMILES string of the molecule is CCC(C)C(=O)N[C@@H](Cc1ccccc1)C(=O)O[C@@H](CC(=O)O)[C@@H]1[C@H](OC(C)=O)CCN1C(=O)[C@@H](N)C(C)C. The summed E-state index contributed by atoms with van der Waals surface area (Å²) in [5, 5.41) is 12.4. The van der Waals surface area contributed by atoms with Crippen LogP contribution in [0.5, 0.6) is 0 Å². The number of aliphatic carboxylic acids is 1. The van der Waals surface area contributed by atoms with Gasteiger partial charge in [0.1, 0.15) is 24.3 Å². The van der Waals surface area contributed by atoms with Gasteiger partial charge in [-0.3, -0.25) is 19.2 Å². The second-order valence-corrected chi connectivity index (χ2v) is 10.4. The van der Waals surface area contributed by atoms with Crippen molar-refractivity contribution in [2.24, 2.45) is 17.6 Å². The predicted molar refractivity (Wildman–Crippen MR) is 142 cm³/mol. The molecule has 1 fully saturated rings. The molecular weight excluding hydrogens is 506 g/mol. The maximum absolute atomic E-state index is 13.5. The first-order valence-electron chi connectivity index (χ1n) is 13.3. The Labute approximate surface area is 229 Å². The molecule has 216 valence electrons. The van der Waals surface area contributed by atoms with Gasteiger partial charge in [-0.25, -0.2) is 4.79 Å². The topological polar surface area (TPSA) is 165 Å². The Hall–Kier alpha value is -3.47. The van der Waals surface area contributed by atoms with Gasteiger partial charge in [0, 0.05) is 32.2 Å². The highest BCUT2D eigenvalue weighted by Crippen LogP contribution is 2.29. The fraction of sp³-hybridized carbons (Fsp3) is 0.607. The molecule has 1 heterocycles. The first-order chi connectivity index (χ1) is 18.3. The molecule has 1 aromatic rings. The lowest BCUT2D eigenvalue weighted by Gasteiger charge is -2.35. The zero-order valence-corrected chi connectivity index (χ0v) is 23.3. The van der Waals surface area contributed by atoms with Gasteiger partial charge in [0.25, 0.3) is 0 Å². The summed E-state index contributed by atoms with van der Waals surface area (Å²) < 4.78 is 11.2. The number of nitrogens with one attached hydrogen (secondary N) is 1. The van der Waals surface area contributed by atoms with Gasteiger partial charge >= 0.3 is 17.9 Å². The second kappa shape index (κ2) is 14.6. The first kappa shape index (κ1) is 31.7. The first-order valence-corrected chi connectivity index (χ1v) is 13.3. The van der Waals surface area contributed by atoms with Crippen LogP contribution >= 0.6 is 0 Å². The molecule has 6 atom stereocenters. The smallest absolute Gasteiger partial charge is 0.329 e. The summed E-state index contributed by atoms with van der Waals surface area (Å²) in [5.41, 5.74) is 6.87. The molecule has 1 saturated heterocycles. The number of ether oxygens (including phenoxy) is 2. The number of carboxylic acids is 1. The molecule has 2 rings (SSSR count). The van der Waals surface area contributed by atoms with E-state index < -0.39 is 60.6 Å². The molecule has 0 radical (unpaired) electrons. The van der Waals surface area contributed by atoms with E-state index in [2.05, 4.69) is 5.32 Å². The lowest BCUT2D eigenvalue weighted by atomic mass is 9.99. The zero-order chi connectivity index (χ0) is 29.3. The third-order valence-corrected chi connectivity index (χ3v) is 6.97. The standard InChI is InChI=1S/C28H41N3O8/c1-6-17(4)26(35)30-20(14-19-10-8-7-9-11-19)28(37)39-22(15-23(33)34)25-21(38-18(5)32)12-13-31(25)27(36)24(29)16(2)3/h7-11,16-17,20-22,24-25H,6,12-15,29H2,1-5H3,(H,30,35)(H,33,34)/t17?,20-,21+,22-,24-,25-/m0/s1. The number of benzene rings is 1. The number of amides is 2. The minimum atomic E-state index is -1.36. The number of carbonyl (C=O) groups excluding carboxylic acids is 4. The summed E-state index contributed by atoms with van der Waals surface area (Å²) in [6.45, 7) is 8.49. The number of carboxylic acid groups (broad SMARTS) is 1. The molecule has 1 aliphatic rings. The molecule has 0 aliphatic carbocycles. The molecule has 0 saturated carbocycles. The number of carbonyl (C=O) groups is 5. The minimum Gasteiger partial charge on any atom is -0.481 e. The highest BCUT2D eigenvalue weighted by Gasteiger charge is 2.48. The van der Waals surface area contributed by atoms with Crippen LogP contribution in [0.4, 0.5) is 0 Å². The summed E-state index contributed by atoms with van der Waals surface area (Å²) in [6.07, 6.45) is -2.01. The lowest BCUT2D eigenvalue weighted by Crippen LogP contribution is -2.56. The summed E-state index contributed by atoms with van der Waals surface area (Å²) in [7, 11) is 0. The van der Waals surface area contributed by atoms with Crippen molar-refractivity contribution >= 4 is 29.7 Å². The third kappa shape index (κ3) is 9.05. The van der Waals surface area contributed by atoms with Gasteiger partial charge in [0.15, 0.2) is 0 Å². The average molecular weight is 548 g/mol. The van der Waals surface area contributed by atoms with Crippen LogP contribution in [0.15, 0.2) is 30.3 Å². The average Bonchev–Trinajstić information content (AvgIpc) is 3.29. The van der Waals surface area contributed by atoms with Crippen molar-refractivity contribution < 1.29 is 38.6 Å². The van der Waals surface area contributed by atoms with Crippen LogP contribution in [-0.4, -0.2) is 76.6 Å². The van der Waals surface area contributed by atoms with Gasteiger partial charge in [-0.2, -0.15) is 0 Å². The number of hydrogen-bond acceptors (Lipinski definition) is 8. The van der Waals surface area contributed by atoms with E-state index in [9.17, 15) is 29.1 Å². The van der Waals surface area contributed by atoms with E-state index in [-0.39, 0.29) is 37.1 Å². The number of esters is 2. The van der Waals surface area contributed by atoms with Crippen molar-refractivity contribution in [3.63, 3.8) is 0 Å². The largest absolute Gasteiger partial charge is 0.481 e. The van der Waals surface area contributed by atoms with Crippen molar-refractivity contribution in [3.05, 3.63) is 35.9 Å². The van der Waals surface area contributed by atoms with Gasteiger partial charge in [-0.15, -0.1) is 0 Å². The van der Waals surface area contributed by atoms with E-state index in [1.807, 2.05) is 13.0 Å². The van der Waals surface area contributed by atoms with E-state index in [0.29, 0.717) is 6.42 Å². The zero-order valence-electron chi connectivity index (χ0n) is 23.3. The lowest BCUT2D eigenvalue weighted by molar-refractivity contribution is -0.167. The maximum Gasteiger partial charge on any atom is 0.329 e. The minimum absolute atomic E-state index is 0.112. The molecule has 39 heavy (non-hydrogen) atoms. The molecule has 1 unspecified atom stereocenters. The Kier molecular flexibility index (Phi) is 11.9. The number of nitrogens with two attached hydrogens (primary N) is 1. The highest BCUT2D eigenvalue weighted by atomic mass is 16.6. The van der Waals surface area contributed by atoms with Gasteiger partial charge in [-0.1, -0.05) is 58.0 Å². The van der Waals surface area contributed by atoms with Crippen molar-refractivity contribution in [2.45, 2.75) is 90.6 Å².